The van der Waals surface area contributed by atoms with Gasteiger partial charge in [-0.2, -0.15) is 0 Å². The van der Waals surface area contributed by atoms with Crippen molar-refractivity contribution in [2.45, 2.75) is 6.92 Å². The molecule has 0 atom stereocenters. The van der Waals surface area contributed by atoms with Crippen LogP contribution in [-0.4, -0.2) is 19.9 Å². The van der Waals surface area contributed by atoms with Gasteiger partial charge in [-0.25, -0.2) is 9.97 Å². The maximum atomic E-state index is 4.45. The van der Waals surface area contributed by atoms with E-state index in [-0.39, 0.29) is 0 Å². The summed E-state index contributed by atoms with van der Waals surface area (Å²) >= 11 is 0. The molecule has 3 aromatic heterocycles. The van der Waals surface area contributed by atoms with E-state index < -0.39 is 0 Å². The maximum Gasteiger partial charge on any atom is 0.178 e. The van der Waals surface area contributed by atoms with Gasteiger partial charge in [0.05, 0.1) is 5.52 Å². The molecule has 0 aliphatic carbocycles. The highest BCUT2D eigenvalue weighted by Crippen LogP contribution is 2.20. The van der Waals surface area contributed by atoms with Crippen LogP contribution < -0.4 is 0 Å². The molecule has 78 valence electrons. The van der Waals surface area contributed by atoms with Gasteiger partial charge in [-0.05, 0) is 30.7 Å². The molecule has 0 aliphatic heterocycles. The summed E-state index contributed by atoms with van der Waals surface area (Å²) < 4.78 is 0. The first-order valence-electron chi connectivity index (χ1n) is 5.06. The van der Waals surface area contributed by atoms with E-state index in [1.54, 1.807) is 18.6 Å². The molecule has 0 aromatic carbocycles. The number of imidazole rings is 1. The Kier molecular flexibility index (Phi) is 1.93. The fourth-order valence-corrected chi connectivity index (χ4v) is 1.68. The van der Waals surface area contributed by atoms with Gasteiger partial charge in [0.25, 0.3) is 0 Å². The third-order valence-corrected chi connectivity index (χ3v) is 2.55. The zero-order valence-electron chi connectivity index (χ0n) is 8.81. The van der Waals surface area contributed by atoms with Gasteiger partial charge in [0.15, 0.2) is 5.65 Å². The molecule has 0 bridgehead atoms. The number of nitrogens with zero attached hydrogens (tertiary/aromatic N) is 3. The lowest BCUT2D eigenvalue weighted by Gasteiger charge is -1.93. The second kappa shape index (κ2) is 3.41. The van der Waals surface area contributed by atoms with Crippen molar-refractivity contribution in [1.29, 1.82) is 0 Å². The van der Waals surface area contributed by atoms with Crippen LogP contribution in [0.15, 0.2) is 36.8 Å². The first-order valence-corrected chi connectivity index (χ1v) is 5.06. The van der Waals surface area contributed by atoms with Gasteiger partial charge in [0.1, 0.15) is 5.82 Å². The summed E-state index contributed by atoms with van der Waals surface area (Å²) in [5.41, 5.74) is 3.92. The predicted octanol–water partition coefficient (Wildman–Crippen LogP) is 2.33. The third-order valence-electron chi connectivity index (χ3n) is 2.55. The quantitative estimate of drug-likeness (QED) is 0.670. The Bertz CT molecular complexity index is 628. The fraction of sp³-hybridized carbons (Fsp3) is 0.0833. The Balaban J connectivity index is 2.23. The Morgan fingerprint density at radius 3 is 2.62 bits per heavy atom. The summed E-state index contributed by atoms with van der Waals surface area (Å²) in [4.78, 5) is 15.9. The Morgan fingerprint density at radius 2 is 1.88 bits per heavy atom. The van der Waals surface area contributed by atoms with Gasteiger partial charge in [0.2, 0.25) is 0 Å². The van der Waals surface area contributed by atoms with Crippen molar-refractivity contribution in [1.82, 2.24) is 19.9 Å². The smallest absolute Gasteiger partial charge is 0.178 e. The normalized spacial score (nSPS) is 10.8. The molecule has 4 heteroatoms. The molecule has 0 aliphatic rings. The molecule has 0 radical (unpaired) electrons. The SMILES string of the molecule is Cc1ccnc2nc(-c3ccncc3)[nH]c12. The monoisotopic (exact) mass is 210 g/mol. The van der Waals surface area contributed by atoms with E-state index in [1.807, 2.05) is 25.1 Å². The maximum absolute atomic E-state index is 4.45. The van der Waals surface area contributed by atoms with Crippen molar-refractivity contribution < 1.29 is 0 Å². The van der Waals surface area contributed by atoms with Crippen LogP contribution in [0, 0.1) is 6.92 Å². The van der Waals surface area contributed by atoms with Crippen LogP contribution in [0.2, 0.25) is 0 Å². The van der Waals surface area contributed by atoms with Gasteiger partial charge < -0.3 is 4.98 Å². The summed E-state index contributed by atoms with van der Waals surface area (Å²) in [5, 5.41) is 0. The second-order valence-corrected chi connectivity index (χ2v) is 3.65. The van der Waals surface area contributed by atoms with Crippen LogP contribution in [-0.2, 0) is 0 Å². The minimum atomic E-state index is 0.756. The molecule has 4 nitrogen and oxygen atoms in total. The van der Waals surface area contributed by atoms with Crippen molar-refractivity contribution in [2.75, 3.05) is 0 Å². The van der Waals surface area contributed by atoms with Gasteiger partial charge in [-0.1, -0.05) is 0 Å². The molecule has 0 saturated carbocycles. The molecule has 0 saturated heterocycles. The number of pyridine rings is 2. The molecule has 3 heterocycles. The minimum Gasteiger partial charge on any atom is -0.336 e. The summed E-state index contributed by atoms with van der Waals surface area (Å²) in [6.45, 7) is 2.04. The van der Waals surface area contributed by atoms with Crippen LogP contribution in [0.5, 0.6) is 0 Å². The van der Waals surface area contributed by atoms with Crippen molar-refractivity contribution >= 4 is 11.2 Å². The third kappa shape index (κ3) is 1.35. The highest BCUT2D eigenvalue weighted by molar-refractivity contribution is 5.78. The molecule has 3 rings (SSSR count). The summed E-state index contributed by atoms with van der Waals surface area (Å²) in [6.07, 6.45) is 5.28. The van der Waals surface area contributed by atoms with E-state index in [4.69, 9.17) is 0 Å². The number of aromatic nitrogens is 4. The van der Waals surface area contributed by atoms with E-state index in [1.165, 1.54) is 0 Å². The van der Waals surface area contributed by atoms with E-state index in [0.29, 0.717) is 0 Å². The van der Waals surface area contributed by atoms with Crippen molar-refractivity contribution in [2.24, 2.45) is 0 Å². The number of H-pyrrole nitrogens is 1. The van der Waals surface area contributed by atoms with Crippen LogP contribution in [0.25, 0.3) is 22.6 Å². The highest BCUT2D eigenvalue weighted by Gasteiger charge is 2.06. The van der Waals surface area contributed by atoms with E-state index >= 15 is 0 Å². The molecule has 3 aromatic rings. The summed E-state index contributed by atoms with van der Waals surface area (Å²) in [7, 11) is 0. The average molecular weight is 210 g/mol. The van der Waals surface area contributed by atoms with Crippen molar-refractivity contribution in [3.63, 3.8) is 0 Å². The molecular weight excluding hydrogens is 200 g/mol. The van der Waals surface area contributed by atoms with Crippen molar-refractivity contribution in [3.05, 3.63) is 42.4 Å². The highest BCUT2D eigenvalue weighted by atomic mass is 15.0. The molecular formula is C12H10N4. The number of fused-ring (bicyclic) bond motifs is 1. The second-order valence-electron chi connectivity index (χ2n) is 3.65. The number of hydrogen-bond donors (Lipinski definition) is 1. The lowest BCUT2D eigenvalue weighted by molar-refractivity contribution is 1.27. The molecule has 0 amide bonds. The topological polar surface area (TPSA) is 54.5 Å². The largest absolute Gasteiger partial charge is 0.336 e. The molecule has 0 unspecified atom stereocenters. The number of aryl methyl sites for hydroxylation is 1. The summed E-state index contributed by atoms with van der Waals surface area (Å²) in [5.74, 6) is 0.833. The predicted molar refractivity (Wildman–Crippen MR) is 61.9 cm³/mol. The van der Waals surface area contributed by atoms with Gasteiger partial charge in [-0.3, -0.25) is 4.98 Å². The van der Waals surface area contributed by atoms with E-state index in [9.17, 15) is 0 Å². The van der Waals surface area contributed by atoms with Crippen molar-refractivity contribution in [3.8, 4) is 11.4 Å². The summed E-state index contributed by atoms with van der Waals surface area (Å²) in [6, 6.07) is 5.82. The first-order chi connectivity index (χ1) is 7.84. The standard InChI is InChI=1S/C12H10N4/c1-8-2-7-14-12-10(8)15-11(16-12)9-3-5-13-6-4-9/h2-7H,1H3,(H,14,15,16). The molecule has 0 spiro atoms. The Morgan fingerprint density at radius 1 is 1.06 bits per heavy atom. The molecule has 0 fully saturated rings. The minimum absolute atomic E-state index is 0.756. The molecule has 1 N–H and O–H groups in total. The Hall–Kier alpha value is -2.23. The number of nitrogens with one attached hydrogen (secondary N) is 1. The van der Waals surface area contributed by atoms with Crippen LogP contribution >= 0.6 is 0 Å². The number of hydrogen-bond acceptors (Lipinski definition) is 3. The fourth-order valence-electron chi connectivity index (χ4n) is 1.68. The van der Waals surface area contributed by atoms with Gasteiger partial charge in [-0.15, -0.1) is 0 Å². The van der Waals surface area contributed by atoms with Crippen LogP contribution in [0.1, 0.15) is 5.56 Å². The Labute approximate surface area is 92.4 Å². The van der Waals surface area contributed by atoms with E-state index in [0.717, 1.165) is 28.1 Å². The number of aromatic amines is 1. The zero-order chi connectivity index (χ0) is 11.0. The van der Waals surface area contributed by atoms with Crippen LogP contribution in [0.4, 0.5) is 0 Å². The number of rotatable bonds is 1. The lowest BCUT2D eigenvalue weighted by atomic mass is 10.2. The van der Waals surface area contributed by atoms with E-state index in [2.05, 4.69) is 19.9 Å². The van der Waals surface area contributed by atoms with Crippen LogP contribution in [0.3, 0.4) is 0 Å². The van der Waals surface area contributed by atoms with Gasteiger partial charge >= 0.3 is 0 Å². The zero-order valence-corrected chi connectivity index (χ0v) is 8.81. The average Bonchev–Trinajstić information content (AvgIpc) is 2.76. The molecule has 16 heavy (non-hydrogen) atoms. The first kappa shape index (κ1) is 9.03. The lowest BCUT2D eigenvalue weighted by Crippen LogP contribution is -1.80. The van der Waals surface area contributed by atoms with Gasteiger partial charge in [0, 0.05) is 24.2 Å².